The maximum absolute atomic E-state index is 13.3. The number of benzene rings is 1. The molecule has 1 heterocycles. The zero-order chi connectivity index (χ0) is 14.8. The maximum Gasteiger partial charge on any atom is 0.254 e. The molecule has 1 saturated carbocycles. The average Bonchev–Trinajstić information content (AvgIpc) is 3.33. The summed E-state index contributed by atoms with van der Waals surface area (Å²) < 4.78 is 13.3. The molecular formula is C17H17FN2O. The molecule has 3 rings (SSSR count). The molecule has 0 saturated heterocycles. The summed E-state index contributed by atoms with van der Waals surface area (Å²) in [5.41, 5.74) is 1.91. The third-order valence-corrected chi connectivity index (χ3v) is 3.71. The van der Waals surface area contributed by atoms with Crippen LogP contribution in [0.1, 0.15) is 34.5 Å². The number of aryl methyl sites for hydroxylation is 1. The van der Waals surface area contributed by atoms with E-state index in [9.17, 15) is 9.18 Å². The number of carbonyl (C=O) groups excluding carboxylic acids is 1. The first kappa shape index (κ1) is 13.7. The van der Waals surface area contributed by atoms with Gasteiger partial charge in [0, 0.05) is 17.8 Å². The van der Waals surface area contributed by atoms with Gasteiger partial charge < -0.3 is 4.90 Å². The Labute approximate surface area is 123 Å². The van der Waals surface area contributed by atoms with Gasteiger partial charge in [0.05, 0.1) is 12.2 Å². The van der Waals surface area contributed by atoms with E-state index in [1.807, 2.05) is 23.1 Å². The minimum absolute atomic E-state index is 0.0498. The zero-order valence-corrected chi connectivity index (χ0v) is 11.9. The van der Waals surface area contributed by atoms with Crippen LogP contribution in [0.3, 0.4) is 0 Å². The molecule has 0 aliphatic heterocycles. The van der Waals surface area contributed by atoms with Gasteiger partial charge in [-0.05, 0) is 55.7 Å². The number of halogens is 1. The van der Waals surface area contributed by atoms with Crippen LogP contribution in [-0.2, 0) is 6.54 Å². The second kappa shape index (κ2) is 5.64. The zero-order valence-electron chi connectivity index (χ0n) is 11.9. The van der Waals surface area contributed by atoms with Gasteiger partial charge in [-0.25, -0.2) is 4.39 Å². The lowest BCUT2D eigenvalue weighted by atomic mass is 10.1. The lowest BCUT2D eigenvalue weighted by Gasteiger charge is -2.22. The smallest absolute Gasteiger partial charge is 0.254 e. The molecule has 1 aliphatic carbocycles. The number of amides is 1. The van der Waals surface area contributed by atoms with Gasteiger partial charge in [-0.2, -0.15) is 0 Å². The molecule has 0 unspecified atom stereocenters. The lowest BCUT2D eigenvalue weighted by molar-refractivity contribution is 0.0727. The summed E-state index contributed by atoms with van der Waals surface area (Å²) in [6.07, 6.45) is 3.78. The number of hydrogen-bond acceptors (Lipinski definition) is 2. The van der Waals surface area contributed by atoms with E-state index in [4.69, 9.17) is 0 Å². The van der Waals surface area contributed by atoms with Crippen LogP contribution >= 0.6 is 0 Å². The first-order valence-corrected chi connectivity index (χ1v) is 7.12. The molecule has 21 heavy (non-hydrogen) atoms. The average molecular weight is 284 g/mol. The predicted molar refractivity (Wildman–Crippen MR) is 78.3 cm³/mol. The molecule has 1 amide bonds. The second-order valence-corrected chi connectivity index (χ2v) is 5.45. The van der Waals surface area contributed by atoms with Crippen molar-refractivity contribution in [1.29, 1.82) is 0 Å². The topological polar surface area (TPSA) is 33.2 Å². The van der Waals surface area contributed by atoms with Crippen LogP contribution in [0.4, 0.5) is 4.39 Å². The summed E-state index contributed by atoms with van der Waals surface area (Å²) in [5, 5.41) is 0. The molecular weight excluding hydrogens is 267 g/mol. The molecule has 1 fully saturated rings. The lowest BCUT2D eigenvalue weighted by Crippen LogP contribution is -2.33. The third kappa shape index (κ3) is 3.10. The van der Waals surface area contributed by atoms with Crippen molar-refractivity contribution in [3.63, 3.8) is 0 Å². The summed E-state index contributed by atoms with van der Waals surface area (Å²) in [6, 6.07) is 10.5. The Morgan fingerprint density at radius 1 is 1.33 bits per heavy atom. The van der Waals surface area contributed by atoms with Crippen LogP contribution in [0, 0.1) is 12.7 Å². The normalized spacial score (nSPS) is 14.0. The number of carbonyl (C=O) groups is 1. The molecule has 0 spiro atoms. The fraction of sp³-hybridized carbons (Fsp3) is 0.294. The fourth-order valence-corrected chi connectivity index (χ4v) is 2.36. The van der Waals surface area contributed by atoms with E-state index in [1.165, 1.54) is 6.07 Å². The highest BCUT2D eigenvalue weighted by Crippen LogP contribution is 2.29. The molecule has 1 aromatic heterocycles. The number of rotatable bonds is 4. The molecule has 1 aromatic carbocycles. The summed E-state index contributed by atoms with van der Waals surface area (Å²) in [5.74, 6) is -0.333. The second-order valence-electron chi connectivity index (χ2n) is 5.45. The van der Waals surface area contributed by atoms with Crippen molar-refractivity contribution in [2.45, 2.75) is 32.4 Å². The van der Waals surface area contributed by atoms with Gasteiger partial charge in [-0.1, -0.05) is 6.07 Å². The van der Waals surface area contributed by atoms with Gasteiger partial charge in [0.15, 0.2) is 0 Å². The van der Waals surface area contributed by atoms with E-state index < -0.39 is 0 Å². The van der Waals surface area contributed by atoms with Gasteiger partial charge in [0.2, 0.25) is 0 Å². The number of pyridine rings is 1. The highest BCUT2D eigenvalue weighted by Gasteiger charge is 2.33. The largest absolute Gasteiger partial charge is 0.330 e. The van der Waals surface area contributed by atoms with E-state index in [2.05, 4.69) is 4.98 Å². The van der Waals surface area contributed by atoms with Crippen molar-refractivity contribution in [3.8, 4) is 0 Å². The van der Waals surface area contributed by atoms with E-state index >= 15 is 0 Å². The maximum atomic E-state index is 13.3. The first-order chi connectivity index (χ1) is 10.1. The standard InChI is InChI=1S/C17H17FN2O/c1-12-10-13(5-8-16(12)18)17(21)20(15-6-7-15)11-14-4-2-3-9-19-14/h2-5,8-10,15H,6-7,11H2,1H3. The highest BCUT2D eigenvalue weighted by molar-refractivity contribution is 5.94. The fourth-order valence-electron chi connectivity index (χ4n) is 2.36. The van der Waals surface area contributed by atoms with Crippen molar-refractivity contribution in [2.24, 2.45) is 0 Å². The van der Waals surface area contributed by atoms with Crippen molar-refractivity contribution < 1.29 is 9.18 Å². The van der Waals surface area contributed by atoms with Crippen molar-refractivity contribution in [2.75, 3.05) is 0 Å². The molecule has 3 nitrogen and oxygen atoms in total. The minimum Gasteiger partial charge on any atom is -0.330 e. The van der Waals surface area contributed by atoms with Crippen LogP contribution < -0.4 is 0 Å². The number of nitrogens with zero attached hydrogens (tertiary/aromatic N) is 2. The molecule has 0 atom stereocenters. The van der Waals surface area contributed by atoms with Crippen LogP contribution in [0.5, 0.6) is 0 Å². The highest BCUT2D eigenvalue weighted by atomic mass is 19.1. The Bertz CT molecular complexity index is 653. The molecule has 0 N–H and O–H groups in total. The molecule has 2 aromatic rings. The first-order valence-electron chi connectivity index (χ1n) is 7.12. The third-order valence-electron chi connectivity index (χ3n) is 3.71. The minimum atomic E-state index is -0.283. The van der Waals surface area contributed by atoms with Gasteiger partial charge in [0.25, 0.3) is 5.91 Å². The van der Waals surface area contributed by atoms with E-state index in [-0.39, 0.29) is 17.8 Å². The summed E-state index contributed by atoms with van der Waals surface area (Å²) >= 11 is 0. The molecule has 108 valence electrons. The summed E-state index contributed by atoms with van der Waals surface area (Å²) in [6.45, 7) is 2.17. The summed E-state index contributed by atoms with van der Waals surface area (Å²) in [7, 11) is 0. The quantitative estimate of drug-likeness (QED) is 0.862. The number of hydrogen-bond donors (Lipinski definition) is 0. The van der Waals surface area contributed by atoms with Gasteiger partial charge in [-0.3, -0.25) is 9.78 Å². The van der Waals surface area contributed by atoms with E-state index in [0.717, 1.165) is 18.5 Å². The molecule has 4 heteroatoms. The molecule has 0 radical (unpaired) electrons. The van der Waals surface area contributed by atoms with Crippen molar-refractivity contribution in [3.05, 3.63) is 65.2 Å². The van der Waals surface area contributed by atoms with Crippen molar-refractivity contribution >= 4 is 5.91 Å². The van der Waals surface area contributed by atoms with Crippen LogP contribution in [0.2, 0.25) is 0 Å². The Kier molecular flexibility index (Phi) is 3.69. The predicted octanol–water partition coefficient (Wildman–Crippen LogP) is 3.33. The van der Waals surface area contributed by atoms with E-state index in [0.29, 0.717) is 17.7 Å². The molecule has 1 aliphatic rings. The Balaban J connectivity index is 1.83. The SMILES string of the molecule is Cc1cc(C(=O)N(Cc2ccccn2)C2CC2)ccc1F. The summed E-state index contributed by atoms with van der Waals surface area (Å²) in [4.78, 5) is 18.8. The van der Waals surface area contributed by atoms with Gasteiger partial charge in [-0.15, -0.1) is 0 Å². The van der Waals surface area contributed by atoms with Crippen molar-refractivity contribution in [1.82, 2.24) is 9.88 Å². The van der Waals surface area contributed by atoms with Gasteiger partial charge >= 0.3 is 0 Å². The van der Waals surface area contributed by atoms with Crippen LogP contribution in [0.25, 0.3) is 0 Å². The van der Waals surface area contributed by atoms with Crippen LogP contribution in [0.15, 0.2) is 42.6 Å². The van der Waals surface area contributed by atoms with Gasteiger partial charge in [0.1, 0.15) is 5.82 Å². The van der Waals surface area contributed by atoms with E-state index in [1.54, 1.807) is 25.3 Å². The monoisotopic (exact) mass is 284 g/mol. The Morgan fingerprint density at radius 2 is 2.14 bits per heavy atom. The number of aromatic nitrogens is 1. The Morgan fingerprint density at radius 3 is 2.76 bits per heavy atom. The molecule has 0 bridgehead atoms. The Hall–Kier alpha value is -2.23. The van der Waals surface area contributed by atoms with Crippen LogP contribution in [-0.4, -0.2) is 21.8 Å².